The summed E-state index contributed by atoms with van der Waals surface area (Å²) in [4.78, 5) is 15.2. The van der Waals surface area contributed by atoms with Crippen LogP contribution in [0, 0.1) is 11.3 Å². The van der Waals surface area contributed by atoms with Crippen molar-refractivity contribution in [1.82, 2.24) is 4.98 Å². The smallest absolute Gasteiger partial charge is 0.266 e. The Kier molecular flexibility index (Phi) is 5.87. The average molecular weight is 422 g/mol. The van der Waals surface area contributed by atoms with Crippen LogP contribution in [0.5, 0.6) is 0 Å². The third-order valence-electron chi connectivity index (χ3n) is 5.67. The van der Waals surface area contributed by atoms with Gasteiger partial charge in [0.05, 0.1) is 12.7 Å². The molecule has 5 atom stereocenters. The van der Waals surface area contributed by atoms with Crippen molar-refractivity contribution in [1.29, 1.82) is 5.26 Å². The fourth-order valence-electron chi connectivity index (χ4n) is 3.98. The van der Waals surface area contributed by atoms with E-state index in [0.29, 0.717) is 16.8 Å². The predicted molar refractivity (Wildman–Crippen MR) is 112 cm³/mol. The minimum Gasteiger partial charge on any atom is -0.394 e. The van der Waals surface area contributed by atoms with E-state index in [0.717, 1.165) is 10.8 Å². The lowest BCUT2D eigenvalue weighted by molar-refractivity contribution is -0.228. The number of aliphatic hydroxyl groups excluding tert-OH is 4. The monoisotopic (exact) mass is 422 g/mol. The topological polar surface area (TPSA) is 147 Å². The number of aromatic nitrogens is 1. The van der Waals surface area contributed by atoms with Crippen LogP contribution in [-0.4, -0.2) is 62.5 Å². The summed E-state index contributed by atoms with van der Waals surface area (Å²) in [5.41, 5.74) is 0.907. The highest BCUT2D eigenvalue weighted by molar-refractivity contribution is 5.88. The fraction of sp³-hybridized carbons (Fsp3) is 0.304. The second kappa shape index (κ2) is 8.59. The molecule has 8 heteroatoms. The van der Waals surface area contributed by atoms with E-state index in [9.17, 15) is 30.5 Å². The molecule has 31 heavy (non-hydrogen) atoms. The summed E-state index contributed by atoms with van der Waals surface area (Å²) in [6, 6.07) is 17.0. The van der Waals surface area contributed by atoms with Crippen molar-refractivity contribution in [3.63, 3.8) is 0 Å². The molecular formula is C23H22N2O6. The average Bonchev–Trinajstić information content (AvgIpc) is 2.78. The molecule has 1 fully saturated rings. The summed E-state index contributed by atoms with van der Waals surface area (Å²) in [7, 11) is 0. The summed E-state index contributed by atoms with van der Waals surface area (Å²) < 4.78 is 5.54. The number of fused-ring (bicyclic) bond motifs is 1. The summed E-state index contributed by atoms with van der Waals surface area (Å²) in [6.45, 7) is -0.534. The molecule has 0 radical (unpaired) electrons. The summed E-state index contributed by atoms with van der Waals surface area (Å²) >= 11 is 0. The Hall–Kier alpha value is -3.06. The van der Waals surface area contributed by atoms with Crippen LogP contribution in [0.1, 0.15) is 11.3 Å². The van der Waals surface area contributed by atoms with E-state index in [1.807, 2.05) is 48.5 Å². The number of nitrogens with one attached hydrogen (secondary N) is 1. The molecule has 1 aromatic heterocycles. The molecule has 0 spiro atoms. The zero-order valence-electron chi connectivity index (χ0n) is 16.5. The van der Waals surface area contributed by atoms with Crippen molar-refractivity contribution < 1.29 is 25.2 Å². The maximum Gasteiger partial charge on any atom is 0.266 e. The molecular weight excluding hydrogens is 400 g/mol. The minimum absolute atomic E-state index is 0.00295. The highest BCUT2D eigenvalue weighted by Gasteiger charge is 2.43. The van der Waals surface area contributed by atoms with Crippen LogP contribution in [0.4, 0.5) is 0 Å². The number of H-pyrrole nitrogens is 1. The maximum absolute atomic E-state index is 12.6. The van der Waals surface area contributed by atoms with Crippen molar-refractivity contribution in [3.8, 4) is 17.2 Å². The Morgan fingerprint density at radius 1 is 0.968 bits per heavy atom. The SMILES string of the molecule is N#Cc1c(-c2ccc3ccccc3c2)cc(C[C@@H]2O[C@H](CO)[C@@H](O)[C@H](O)[C@H]2O)[nH]c1=O. The van der Waals surface area contributed by atoms with Crippen LogP contribution in [0.3, 0.4) is 0 Å². The van der Waals surface area contributed by atoms with Crippen molar-refractivity contribution in [3.05, 3.63) is 70.1 Å². The number of nitrogens with zero attached hydrogens (tertiary/aromatic N) is 1. The zero-order chi connectivity index (χ0) is 22.1. The van der Waals surface area contributed by atoms with Crippen LogP contribution in [0.25, 0.3) is 21.9 Å². The van der Waals surface area contributed by atoms with E-state index >= 15 is 0 Å². The fourth-order valence-corrected chi connectivity index (χ4v) is 3.98. The highest BCUT2D eigenvalue weighted by Crippen LogP contribution is 2.28. The quantitative estimate of drug-likeness (QED) is 0.410. The van der Waals surface area contributed by atoms with Gasteiger partial charge in [-0.3, -0.25) is 4.79 Å². The number of aromatic amines is 1. The standard InChI is InChI=1S/C23H22N2O6/c24-10-17-16(14-6-5-12-3-1-2-4-13(12)7-14)8-15(25-23(17)30)9-18-20(27)22(29)21(28)19(11-26)31-18/h1-8,18-22,26-29H,9,11H2,(H,25,30)/t18-,19+,20-,21+,22+/m0/s1. The first-order valence-corrected chi connectivity index (χ1v) is 9.89. The molecule has 0 aliphatic carbocycles. The van der Waals surface area contributed by atoms with Crippen LogP contribution in [0.15, 0.2) is 53.3 Å². The molecule has 0 bridgehead atoms. The van der Waals surface area contributed by atoms with Crippen molar-refractivity contribution in [2.24, 2.45) is 0 Å². The van der Waals surface area contributed by atoms with E-state index in [-0.39, 0.29) is 12.0 Å². The van der Waals surface area contributed by atoms with Gasteiger partial charge in [-0.25, -0.2) is 0 Å². The number of pyridine rings is 1. The van der Waals surface area contributed by atoms with E-state index in [2.05, 4.69) is 4.98 Å². The van der Waals surface area contributed by atoms with Gasteiger partial charge in [0.15, 0.2) is 0 Å². The number of ether oxygens (including phenoxy) is 1. The lowest BCUT2D eigenvalue weighted by Gasteiger charge is -2.40. The molecule has 3 aromatic rings. The Balaban J connectivity index is 1.72. The highest BCUT2D eigenvalue weighted by atomic mass is 16.5. The molecule has 2 aromatic carbocycles. The van der Waals surface area contributed by atoms with Gasteiger partial charge in [0.2, 0.25) is 0 Å². The Bertz CT molecular complexity index is 1200. The van der Waals surface area contributed by atoms with E-state index in [4.69, 9.17) is 4.74 Å². The lowest BCUT2D eigenvalue weighted by Crippen LogP contribution is -2.59. The minimum atomic E-state index is -1.50. The Morgan fingerprint density at radius 3 is 2.39 bits per heavy atom. The first kappa shape index (κ1) is 21.2. The number of hydrogen-bond acceptors (Lipinski definition) is 7. The number of nitriles is 1. The largest absolute Gasteiger partial charge is 0.394 e. The van der Waals surface area contributed by atoms with Gasteiger partial charge < -0.3 is 30.1 Å². The van der Waals surface area contributed by atoms with Gasteiger partial charge in [-0.15, -0.1) is 0 Å². The Labute approximate surface area is 177 Å². The van der Waals surface area contributed by atoms with Crippen molar-refractivity contribution >= 4 is 10.8 Å². The molecule has 8 nitrogen and oxygen atoms in total. The maximum atomic E-state index is 12.6. The second-order valence-corrected chi connectivity index (χ2v) is 7.66. The first-order valence-electron chi connectivity index (χ1n) is 9.89. The van der Waals surface area contributed by atoms with Gasteiger partial charge in [-0.05, 0) is 28.5 Å². The first-order chi connectivity index (χ1) is 14.9. The summed E-state index contributed by atoms with van der Waals surface area (Å²) in [5.74, 6) is 0. The normalized spacial score (nSPS) is 26.0. The van der Waals surface area contributed by atoms with Gasteiger partial charge >= 0.3 is 0 Å². The number of aliphatic hydroxyl groups is 4. The predicted octanol–water partition coefficient (Wildman–Crippen LogP) is 0.452. The van der Waals surface area contributed by atoms with E-state index in [1.165, 1.54) is 0 Å². The molecule has 0 saturated carbocycles. The Morgan fingerprint density at radius 2 is 1.68 bits per heavy atom. The van der Waals surface area contributed by atoms with Gasteiger partial charge in [-0.2, -0.15) is 5.26 Å². The molecule has 4 rings (SSSR count). The number of rotatable bonds is 4. The van der Waals surface area contributed by atoms with Crippen LogP contribution >= 0.6 is 0 Å². The molecule has 160 valence electrons. The third-order valence-corrected chi connectivity index (χ3v) is 5.67. The van der Waals surface area contributed by atoms with Crippen molar-refractivity contribution in [2.45, 2.75) is 36.9 Å². The molecule has 1 aliphatic heterocycles. The third kappa shape index (κ3) is 3.97. The second-order valence-electron chi connectivity index (χ2n) is 7.66. The molecule has 1 aliphatic rings. The van der Waals surface area contributed by atoms with E-state index in [1.54, 1.807) is 6.07 Å². The molecule has 0 amide bonds. The van der Waals surface area contributed by atoms with Crippen LogP contribution < -0.4 is 5.56 Å². The van der Waals surface area contributed by atoms with Gasteiger partial charge in [-0.1, -0.05) is 36.4 Å². The molecule has 1 saturated heterocycles. The molecule has 2 heterocycles. The van der Waals surface area contributed by atoms with Gasteiger partial charge in [0.25, 0.3) is 5.56 Å². The van der Waals surface area contributed by atoms with E-state index < -0.39 is 42.7 Å². The van der Waals surface area contributed by atoms with Crippen molar-refractivity contribution in [2.75, 3.05) is 6.61 Å². The lowest BCUT2D eigenvalue weighted by atomic mass is 9.91. The summed E-state index contributed by atoms with van der Waals surface area (Å²) in [6.07, 6.45) is -6.37. The zero-order valence-corrected chi connectivity index (χ0v) is 16.5. The summed E-state index contributed by atoms with van der Waals surface area (Å²) in [5, 5.41) is 51.1. The molecule has 0 unspecified atom stereocenters. The van der Waals surface area contributed by atoms with Crippen LogP contribution in [0.2, 0.25) is 0 Å². The van der Waals surface area contributed by atoms with Gasteiger partial charge in [0.1, 0.15) is 36.0 Å². The van der Waals surface area contributed by atoms with Gasteiger partial charge in [0, 0.05) is 17.7 Å². The number of hydrogen-bond donors (Lipinski definition) is 5. The molecule has 5 N–H and O–H groups in total. The number of benzene rings is 2. The van der Waals surface area contributed by atoms with Crippen LogP contribution in [-0.2, 0) is 11.2 Å².